The van der Waals surface area contributed by atoms with E-state index in [0.29, 0.717) is 30.4 Å². The number of carbonyl (C=O) groups is 2. The lowest BCUT2D eigenvalue weighted by Crippen LogP contribution is -2.37. The number of rotatable bonds is 6. The SMILES string of the molecule is C=C(C)C(=O)OC(CC)C1(OC(=O)C(=C)C)CC1. The standard InChI is InChI=1S/C14H20O4/c1-6-11(17-12(15)9(2)3)14(7-8-14)18-13(16)10(4)5/h11H,2,4,6-8H2,1,3,5H3. The highest BCUT2D eigenvalue weighted by Crippen LogP contribution is 2.45. The summed E-state index contributed by atoms with van der Waals surface area (Å²) in [6, 6.07) is 0. The molecule has 100 valence electrons. The Kier molecular flexibility index (Phi) is 4.33. The first kappa shape index (κ1) is 14.5. The Morgan fingerprint density at radius 3 is 2.00 bits per heavy atom. The Bertz CT molecular complexity index is 391. The highest BCUT2D eigenvalue weighted by Gasteiger charge is 2.54. The van der Waals surface area contributed by atoms with Crippen LogP contribution in [-0.2, 0) is 19.1 Å². The fourth-order valence-corrected chi connectivity index (χ4v) is 1.68. The molecule has 0 radical (unpaired) electrons. The Morgan fingerprint density at radius 1 is 1.17 bits per heavy atom. The molecule has 0 saturated heterocycles. The van der Waals surface area contributed by atoms with Crippen molar-refractivity contribution in [2.75, 3.05) is 0 Å². The summed E-state index contributed by atoms with van der Waals surface area (Å²) in [6.45, 7) is 12.2. The molecular weight excluding hydrogens is 232 g/mol. The molecule has 0 spiro atoms. The average molecular weight is 252 g/mol. The first-order chi connectivity index (χ1) is 8.32. The second-order valence-corrected chi connectivity index (χ2v) is 4.82. The van der Waals surface area contributed by atoms with Crippen LogP contribution < -0.4 is 0 Å². The van der Waals surface area contributed by atoms with Crippen LogP contribution in [0.1, 0.15) is 40.0 Å². The van der Waals surface area contributed by atoms with Gasteiger partial charge in [0.15, 0.2) is 0 Å². The second-order valence-electron chi connectivity index (χ2n) is 4.82. The highest BCUT2D eigenvalue weighted by atomic mass is 16.6. The zero-order valence-electron chi connectivity index (χ0n) is 11.2. The van der Waals surface area contributed by atoms with Crippen LogP contribution in [0.3, 0.4) is 0 Å². The van der Waals surface area contributed by atoms with E-state index in [1.807, 2.05) is 6.92 Å². The van der Waals surface area contributed by atoms with E-state index < -0.39 is 23.6 Å². The quantitative estimate of drug-likeness (QED) is 0.538. The number of ether oxygens (including phenoxy) is 2. The van der Waals surface area contributed by atoms with Crippen molar-refractivity contribution in [3.8, 4) is 0 Å². The van der Waals surface area contributed by atoms with Gasteiger partial charge in [0.2, 0.25) is 0 Å². The van der Waals surface area contributed by atoms with E-state index in [0.717, 1.165) is 0 Å². The van der Waals surface area contributed by atoms with Gasteiger partial charge in [0.1, 0.15) is 11.7 Å². The van der Waals surface area contributed by atoms with Gasteiger partial charge in [-0.1, -0.05) is 20.1 Å². The monoisotopic (exact) mass is 252 g/mol. The third-order valence-corrected chi connectivity index (χ3v) is 2.94. The largest absolute Gasteiger partial charge is 0.455 e. The molecule has 1 aliphatic carbocycles. The molecule has 0 heterocycles. The van der Waals surface area contributed by atoms with Crippen molar-refractivity contribution in [3.05, 3.63) is 24.3 Å². The Hall–Kier alpha value is -1.58. The fraction of sp³-hybridized carbons (Fsp3) is 0.571. The second kappa shape index (κ2) is 5.38. The molecule has 1 saturated carbocycles. The van der Waals surface area contributed by atoms with E-state index in [-0.39, 0.29) is 0 Å². The molecule has 0 aromatic carbocycles. The molecule has 0 aliphatic heterocycles. The fourth-order valence-electron chi connectivity index (χ4n) is 1.68. The smallest absolute Gasteiger partial charge is 0.333 e. The topological polar surface area (TPSA) is 52.6 Å². The number of hydrogen-bond acceptors (Lipinski definition) is 4. The maximum Gasteiger partial charge on any atom is 0.333 e. The van der Waals surface area contributed by atoms with Gasteiger partial charge < -0.3 is 9.47 Å². The van der Waals surface area contributed by atoms with Gasteiger partial charge >= 0.3 is 11.9 Å². The normalized spacial score (nSPS) is 17.5. The van der Waals surface area contributed by atoms with Crippen molar-refractivity contribution < 1.29 is 19.1 Å². The summed E-state index contributed by atoms with van der Waals surface area (Å²) in [5.74, 6) is -0.878. The van der Waals surface area contributed by atoms with E-state index in [1.165, 1.54) is 0 Å². The van der Waals surface area contributed by atoms with E-state index >= 15 is 0 Å². The van der Waals surface area contributed by atoms with Crippen LogP contribution in [0.25, 0.3) is 0 Å². The number of hydrogen-bond donors (Lipinski definition) is 0. The molecule has 1 atom stereocenters. The van der Waals surface area contributed by atoms with Crippen LogP contribution in [0, 0.1) is 0 Å². The summed E-state index contributed by atoms with van der Waals surface area (Å²) >= 11 is 0. The van der Waals surface area contributed by atoms with Gasteiger partial charge in [0, 0.05) is 11.1 Å². The Balaban J connectivity index is 2.70. The van der Waals surface area contributed by atoms with Crippen molar-refractivity contribution in [1.29, 1.82) is 0 Å². The molecule has 0 amide bonds. The number of carbonyl (C=O) groups excluding carboxylic acids is 2. The van der Waals surface area contributed by atoms with Gasteiger partial charge in [-0.05, 0) is 33.1 Å². The molecule has 1 fully saturated rings. The summed E-state index contributed by atoms with van der Waals surface area (Å²) < 4.78 is 10.7. The van der Waals surface area contributed by atoms with Gasteiger partial charge in [-0.3, -0.25) is 0 Å². The summed E-state index contributed by atoms with van der Waals surface area (Å²) in [5.41, 5.74) is 0.0356. The van der Waals surface area contributed by atoms with Crippen LogP contribution in [0.4, 0.5) is 0 Å². The lowest BCUT2D eigenvalue weighted by atomic mass is 10.1. The van der Waals surface area contributed by atoms with Crippen LogP contribution >= 0.6 is 0 Å². The van der Waals surface area contributed by atoms with Gasteiger partial charge in [-0.2, -0.15) is 0 Å². The van der Waals surface area contributed by atoms with Crippen LogP contribution in [0.15, 0.2) is 24.3 Å². The summed E-state index contributed by atoms with van der Waals surface area (Å²) in [6.07, 6.45) is 1.62. The van der Waals surface area contributed by atoms with Gasteiger partial charge in [-0.15, -0.1) is 0 Å². The summed E-state index contributed by atoms with van der Waals surface area (Å²) in [5, 5.41) is 0. The van der Waals surface area contributed by atoms with Gasteiger partial charge in [0.05, 0.1) is 0 Å². The molecule has 4 nitrogen and oxygen atoms in total. The van der Waals surface area contributed by atoms with Crippen LogP contribution in [-0.4, -0.2) is 23.6 Å². The summed E-state index contributed by atoms with van der Waals surface area (Å²) in [4.78, 5) is 23.1. The van der Waals surface area contributed by atoms with Crippen LogP contribution in [0.5, 0.6) is 0 Å². The maximum atomic E-state index is 11.6. The zero-order valence-corrected chi connectivity index (χ0v) is 11.2. The van der Waals surface area contributed by atoms with Crippen LogP contribution in [0.2, 0.25) is 0 Å². The van der Waals surface area contributed by atoms with Crippen molar-refractivity contribution in [2.24, 2.45) is 0 Å². The summed E-state index contributed by atoms with van der Waals surface area (Å²) in [7, 11) is 0. The third-order valence-electron chi connectivity index (χ3n) is 2.94. The first-order valence-corrected chi connectivity index (χ1v) is 6.07. The predicted octanol–water partition coefficient (Wildman–Crippen LogP) is 2.54. The minimum atomic E-state index is -0.657. The molecule has 1 aliphatic rings. The minimum absolute atomic E-state index is 0.343. The van der Waals surface area contributed by atoms with Gasteiger partial charge in [-0.25, -0.2) is 9.59 Å². The average Bonchev–Trinajstić information content (AvgIpc) is 3.05. The molecule has 1 rings (SSSR count). The lowest BCUT2D eigenvalue weighted by Gasteiger charge is -2.26. The molecule has 0 bridgehead atoms. The van der Waals surface area contributed by atoms with Gasteiger partial charge in [0.25, 0.3) is 0 Å². The van der Waals surface area contributed by atoms with Crippen molar-refractivity contribution >= 4 is 11.9 Å². The molecule has 0 N–H and O–H groups in total. The van der Waals surface area contributed by atoms with Crippen molar-refractivity contribution in [2.45, 2.75) is 51.7 Å². The zero-order chi connectivity index (χ0) is 13.9. The third kappa shape index (κ3) is 3.22. The van der Waals surface area contributed by atoms with Crippen molar-refractivity contribution in [1.82, 2.24) is 0 Å². The Morgan fingerprint density at radius 2 is 1.67 bits per heavy atom. The molecular formula is C14H20O4. The molecule has 18 heavy (non-hydrogen) atoms. The van der Waals surface area contributed by atoms with E-state index in [9.17, 15) is 9.59 Å². The van der Waals surface area contributed by atoms with E-state index in [4.69, 9.17) is 9.47 Å². The molecule has 4 heteroatoms. The minimum Gasteiger partial charge on any atom is -0.455 e. The predicted molar refractivity (Wildman–Crippen MR) is 67.9 cm³/mol. The van der Waals surface area contributed by atoms with E-state index in [1.54, 1.807) is 13.8 Å². The Labute approximate surface area is 108 Å². The maximum absolute atomic E-state index is 11.6. The molecule has 0 aromatic heterocycles. The first-order valence-electron chi connectivity index (χ1n) is 6.07. The molecule has 0 aromatic rings. The number of esters is 2. The lowest BCUT2D eigenvalue weighted by molar-refractivity contribution is -0.166. The highest BCUT2D eigenvalue weighted by molar-refractivity contribution is 5.88. The van der Waals surface area contributed by atoms with Crippen molar-refractivity contribution in [3.63, 3.8) is 0 Å². The van der Waals surface area contributed by atoms with E-state index in [2.05, 4.69) is 13.2 Å². The molecule has 1 unspecified atom stereocenters.